The van der Waals surface area contributed by atoms with Crippen molar-refractivity contribution >= 4 is 0 Å². The first-order valence-corrected chi connectivity index (χ1v) is 3.42. The van der Waals surface area contributed by atoms with Gasteiger partial charge in [0.25, 0.3) is 0 Å². The molecule has 4 heteroatoms. The van der Waals surface area contributed by atoms with Crippen LogP contribution >= 0.6 is 0 Å². The highest BCUT2D eigenvalue weighted by Crippen LogP contribution is 1.97. The van der Waals surface area contributed by atoms with Gasteiger partial charge in [0, 0.05) is 0 Å². The maximum absolute atomic E-state index is 8.86. The normalized spacial score (nSPS) is 30.0. The molecular formula is C6H13NO3. The van der Waals surface area contributed by atoms with Crippen molar-refractivity contribution in [2.75, 3.05) is 19.8 Å². The van der Waals surface area contributed by atoms with E-state index in [1.807, 2.05) is 0 Å². The third kappa shape index (κ3) is 2.62. The van der Waals surface area contributed by atoms with Crippen LogP contribution in [0.15, 0.2) is 0 Å². The Balaban J connectivity index is 2.13. The standard InChI is InChI=1S/C6H13NO3/c1-5(8)7-6-4-9-2-3-10-6/h5-8H,2-4H2,1H3. The monoisotopic (exact) mass is 147 g/mol. The second-order valence-corrected chi connectivity index (χ2v) is 2.28. The quantitative estimate of drug-likeness (QED) is 0.506. The molecule has 0 bridgehead atoms. The SMILES string of the molecule is CC(O)NC1COCCO1. The summed E-state index contributed by atoms with van der Waals surface area (Å²) in [6.45, 7) is 3.42. The summed E-state index contributed by atoms with van der Waals surface area (Å²) < 4.78 is 10.3. The third-order valence-corrected chi connectivity index (χ3v) is 1.24. The van der Waals surface area contributed by atoms with Crippen LogP contribution in [0.5, 0.6) is 0 Å². The Morgan fingerprint density at radius 3 is 2.90 bits per heavy atom. The molecule has 0 spiro atoms. The Hall–Kier alpha value is -0.160. The van der Waals surface area contributed by atoms with Crippen LogP contribution in [0.2, 0.25) is 0 Å². The highest BCUT2D eigenvalue weighted by molar-refractivity contribution is 4.58. The van der Waals surface area contributed by atoms with Crippen LogP contribution in [0.25, 0.3) is 0 Å². The highest BCUT2D eigenvalue weighted by Gasteiger charge is 2.14. The van der Waals surface area contributed by atoms with Gasteiger partial charge >= 0.3 is 0 Å². The van der Waals surface area contributed by atoms with Crippen molar-refractivity contribution in [1.82, 2.24) is 5.32 Å². The van der Waals surface area contributed by atoms with Crippen molar-refractivity contribution in [3.8, 4) is 0 Å². The summed E-state index contributed by atoms with van der Waals surface area (Å²) in [5, 5.41) is 11.6. The van der Waals surface area contributed by atoms with E-state index in [0.717, 1.165) is 0 Å². The van der Waals surface area contributed by atoms with Crippen LogP contribution < -0.4 is 5.32 Å². The fourth-order valence-electron chi connectivity index (χ4n) is 0.853. The Bertz CT molecular complexity index is 91.0. The van der Waals surface area contributed by atoms with Crippen molar-refractivity contribution in [3.05, 3.63) is 0 Å². The minimum Gasteiger partial charge on any atom is -0.379 e. The molecule has 0 saturated carbocycles. The number of nitrogens with one attached hydrogen (secondary N) is 1. The Labute approximate surface area is 60.1 Å². The maximum Gasteiger partial charge on any atom is 0.133 e. The molecule has 0 aromatic heterocycles. The molecule has 60 valence electrons. The van der Waals surface area contributed by atoms with Crippen molar-refractivity contribution in [3.63, 3.8) is 0 Å². The molecule has 1 rings (SSSR count). The lowest BCUT2D eigenvalue weighted by Crippen LogP contribution is -2.44. The minimum absolute atomic E-state index is 0.145. The zero-order chi connectivity index (χ0) is 7.40. The molecule has 1 saturated heterocycles. The molecule has 0 radical (unpaired) electrons. The van der Waals surface area contributed by atoms with Crippen LogP contribution in [-0.4, -0.2) is 37.4 Å². The summed E-state index contributed by atoms with van der Waals surface area (Å²) in [5.74, 6) is 0. The highest BCUT2D eigenvalue weighted by atomic mass is 16.6. The number of hydrogen-bond donors (Lipinski definition) is 2. The Morgan fingerprint density at radius 2 is 2.40 bits per heavy atom. The molecular weight excluding hydrogens is 134 g/mol. The zero-order valence-electron chi connectivity index (χ0n) is 6.04. The predicted octanol–water partition coefficient (Wildman–Crippen LogP) is -0.713. The van der Waals surface area contributed by atoms with Gasteiger partial charge in [-0.2, -0.15) is 0 Å². The van der Waals surface area contributed by atoms with Gasteiger partial charge in [-0.3, -0.25) is 5.32 Å². The summed E-state index contributed by atoms with van der Waals surface area (Å²) in [7, 11) is 0. The van der Waals surface area contributed by atoms with E-state index in [9.17, 15) is 0 Å². The summed E-state index contributed by atoms with van der Waals surface area (Å²) in [6, 6.07) is 0. The topological polar surface area (TPSA) is 50.7 Å². The first-order chi connectivity index (χ1) is 4.79. The molecule has 1 aliphatic heterocycles. The van der Waals surface area contributed by atoms with Gasteiger partial charge in [0.05, 0.1) is 19.8 Å². The maximum atomic E-state index is 8.86. The molecule has 0 aromatic carbocycles. The van der Waals surface area contributed by atoms with Crippen molar-refractivity contribution in [2.24, 2.45) is 0 Å². The molecule has 2 atom stereocenters. The van der Waals surface area contributed by atoms with E-state index in [0.29, 0.717) is 19.8 Å². The third-order valence-electron chi connectivity index (χ3n) is 1.24. The lowest BCUT2D eigenvalue weighted by Gasteiger charge is -2.24. The number of rotatable bonds is 2. The van der Waals surface area contributed by atoms with Gasteiger partial charge < -0.3 is 14.6 Å². The molecule has 2 unspecified atom stereocenters. The lowest BCUT2D eigenvalue weighted by molar-refractivity contribution is -0.116. The van der Waals surface area contributed by atoms with Crippen molar-refractivity contribution < 1.29 is 14.6 Å². The molecule has 4 nitrogen and oxygen atoms in total. The molecule has 0 amide bonds. The van der Waals surface area contributed by atoms with E-state index >= 15 is 0 Å². The Morgan fingerprint density at radius 1 is 1.60 bits per heavy atom. The average molecular weight is 147 g/mol. The first kappa shape index (κ1) is 7.94. The van der Waals surface area contributed by atoms with E-state index in [4.69, 9.17) is 14.6 Å². The predicted molar refractivity (Wildman–Crippen MR) is 35.4 cm³/mol. The van der Waals surface area contributed by atoms with Crippen LogP contribution in [-0.2, 0) is 9.47 Å². The van der Waals surface area contributed by atoms with E-state index in [1.54, 1.807) is 6.92 Å². The summed E-state index contributed by atoms with van der Waals surface area (Å²) >= 11 is 0. The second-order valence-electron chi connectivity index (χ2n) is 2.28. The number of aliphatic hydroxyl groups excluding tert-OH is 1. The van der Waals surface area contributed by atoms with Crippen molar-refractivity contribution in [1.29, 1.82) is 0 Å². The fourth-order valence-corrected chi connectivity index (χ4v) is 0.853. The molecule has 1 fully saturated rings. The van der Waals surface area contributed by atoms with E-state index in [2.05, 4.69) is 5.32 Å². The Kier molecular flexibility index (Phi) is 3.08. The lowest BCUT2D eigenvalue weighted by atomic mass is 10.5. The molecule has 1 heterocycles. The number of hydrogen-bond acceptors (Lipinski definition) is 4. The minimum atomic E-state index is -0.535. The smallest absolute Gasteiger partial charge is 0.133 e. The summed E-state index contributed by atoms with van der Waals surface area (Å²) in [5.41, 5.74) is 0. The van der Waals surface area contributed by atoms with Gasteiger partial charge in [0.15, 0.2) is 0 Å². The van der Waals surface area contributed by atoms with Gasteiger partial charge in [0.1, 0.15) is 12.5 Å². The summed E-state index contributed by atoms with van der Waals surface area (Å²) in [4.78, 5) is 0. The molecule has 10 heavy (non-hydrogen) atoms. The van der Waals surface area contributed by atoms with Gasteiger partial charge in [-0.25, -0.2) is 0 Å². The van der Waals surface area contributed by atoms with Gasteiger partial charge in [-0.1, -0.05) is 0 Å². The van der Waals surface area contributed by atoms with Crippen LogP contribution in [0.4, 0.5) is 0 Å². The largest absolute Gasteiger partial charge is 0.379 e. The van der Waals surface area contributed by atoms with Crippen LogP contribution in [0.3, 0.4) is 0 Å². The van der Waals surface area contributed by atoms with Gasteiger partial charge in [-0.15, -0.1) is 0 Å². The van der Waals surface area contributed by atoms with E-state index < -0.39 is 6.23 Å². The second kappa shape index (κ2) is 3.88. The molecule has 1 aliphatic rings. The average Bonchev–Trinajstić information content (AvgIpc) is 1.88. The van der Waals surface area contributed by atoms with E-state index in [-0.39, 0.29) is 6.23 Å². The van der Waals surface area contributed by atoms with Gasteiger partial charge in [-0.05, 0) is 6.92 Å². The molecule has 0 aliphatic carbocycles. The van der Waals surface area contributed by atoms with Crippen LogP contribution in [0.1, 0.15) is 6.92 Å². The molecule has 0 aromatic rings. The molecule has 2 N–H and O–H groups in total. The van der Waals surface area contributed by atoms with Gasteiger partial charge in [0.2, 0.25) is 0 Å². The van der Waals surface area contributed by atoms with E-state index in [1.165, 1.54) is 0 Å². The number of ether oxygens (including phenoxy) is 2. The fraction of sp³-hybridized carbons (Fsp3) is 1.00. The summed E-state index contributed by atoms with van der Waals surface area (Å²) in [6.07, 6.45) is -0.680. The first-order valence-electron chi connectivity index (χ1n) is 3.42. The number of aliphatic hydroxyl groups is 1. The van der Waals surface area contributed by atoms with Crippen LogP contribution in [0, 0.1) is 0 Å². The zero-order valence-corrected chi connectivity index (χ0v) is 6.04. The van der Waals surface area contributed by atoms with Crippen molar-refractivity contribution in [2.45, 2.75) is 19.4 Å².